The highest BCUT2D eigenvalue weighted by Crippen LogP contribution is 2.30. The van der Waals surface area contributed by atoms with Crippen LogP contribution in [0, 0.1) is 23.5 Å². The van der Waals surface area contributed by atoms with E-state index < -0.39 is 11.6 Å². The Labute approximate surface area is 105 Å². The Morgan fingerprint density at radius 1 is 1.28 bits per heavy atom. The molecular formula is C13H18F2N2O. The van der Waals surface area contributed by atoms with Crippen molar-refractivity contribution in [1.29, 1.82) is 0 Å². The predicted molar refractivity (Wildman–Crippen MR) is 64.2 cm³/mol. The number of aromatic nitrogens is 1. The molecule has 2 N–H and O–H groups in total. The Kier molecular flexibility index (Phi) is 4.47. The third-order valence-corrected chi connectivity index (χ3v) is 3.58. The van der Waals surface area contributed by atoms with E-state index in [0.717, 1.165) is 31.5 Å². The van der Waals surface area contributed by atoms with E-state index in [1.807, 2.05) is 0 Å². The normalized spacial score (nSPS) is 23.9. The van der Waals surface area contributed by atoms with Gasteiger partial charge in [-0.25, -0.2) is 13.8 Å². The Hall–Kier alpha value is -1.23. The Morgan fingerprint density at radius 2 is 2.00 bits per heavy atom. The first-order valence-electron chi connectivity index (χ1n) is 6.34. The third-order valence-electron chi connectivity index (χ3n) is 3.58. The van der Waals surface area contributed by atoms with Gasteiger partial charge in [0.05, 0.1) is 12.8 Å². The lowest BCUT2D eigenvalue weighted by molar-refractivity contribution is 0.145. The maximum absolute atomic E-state index is 13.3. The van der Waals surface area contributed by atoms with Crippen LogP contribution in [0.1, 0.15) is 25.7 Å². The lowest BCUT2D eigenvalue weighted by Crippen LogP contribution is -2.31. The highest BCUT2D eigenvalue weighted by molar-refractivity contribution is 5.14. The van der Waals surface area contributed by atoms with Gasteiger partial charge in [-0.05, 0) is 31.2 Å². The number of hydrogen-bond acceptors (Lipinski definition) is 3. The molecule has 2 atom stereocenters. The van der Waals surface area contributed by atoms with E-state index in [-0.39, 0.29) is 5.88 Å². The topological polar surface area (TPSA) is 48.1 Å². The van der Waals surface area contributed by atoms with Crippen LogP contribution < -0.4 is 10.5 Å². The first kappa shape index (κ1) is 13.2. The van der Waals surface area contributed by atoms with Crippen LogP contribution in [0.5, 0.6) is 5.88 Å². The number of nitrogens with two attached hydrogens (primary N) is 1. The lowest BCUT2D eigenvalue weighted by Gasteiger charge is -2.30. The average molecular weight is 256 g/mol. The van der Waals surface area contributed by atoms with Crippen molar-refractivity contribution in [3.63, 3.8) is 0 Å². The van der Waals surface area contributed by atoms with Gasteiger partial charge in [-0.3, -0.25) is 0 Å². The molecule has 0 aromatic carbocycles. The zero-order valence-electron chi connectivity index (χ0n) is 10.2. The summed E-state index contributed by atoms with van der Waals surface area (Å²) in [7, 11) is 0. The van der Waals surface area contributed by atoms with Gasteiger partial charge in [-0.2, -0.15) is 0 Å². The van der Waals surface area contributed by atoms with Crippen LogP contribution in [0.3, 0.4) is 0 Å². The van der Waals surface area contributed by atoms with Crippen LogP contribution in [0.2, 0.25) is 0 Å². The summed E-state index contributed by atoms with van der Waals surface area (Å²) in [5.74, 6) is -0.803. The first-order valence-corrected chi connectivity index (χ1v) is 6.34. The number of halogens is 2. The summed E-state index contributed by atoms with van der Waals surface area (Å²) in [6.45, 7) is 1.03. The summed E-state index contributed by atoms with van der Waals surface area (Å²) >= 11 is 0. The molecule has 2 unspecified atom stereocenters. The molecule has 1 fully saturated rings. The minimum Gasteiger partial charge on any atom is -0.475 e. The van der Waals surface area contributed by atoms with E-state index in [1.165, 1.54) is 6.42 Å². The fourth-order valence-electron chi connectivity index (χ4n) is 2.51. The molecule has 0 saturated heterocycles. The zero-order chi connectivity index (χ0) is 13.0. The van der Waals surface area contributed by atoms with Crippen molar-refractivity contribution in [3.8, 4) is 5.88 Å². The monoisotopic (exact) mass is 256 g/mol. The van der Waals surface area contributed by atoms with Gasteiger partial charge in [-0.1, -0.05) is 12.8 Å². The Morgan fingerprint density at radius 3 is 2.67 bits per heavy atom. The van der Waals surface area contributed by atoms with E-state index in [2.05, 4.69) is 4.98 Å². The molecule has 0 amide bonds. The summed E-state index contributed by atoms with van der Waals surface area (Å²) in [4.78, 5) is 3.61. The van der Waals surface area contributed by atoms with Crippen molar-refractivity contribution in [1.82, 2.24) is 4.98 Å². The van der Waals surface area contributed by atoms with Crippen molar-refractivity contribution < 1.29 is 13.5 Å². The van der Waals surface area contributed by atoms with Gasteiger partial charge in [0, 0.05) is 6.07 Å². The van der Waals surface area contributed by atoms with Crippen LogP contribution >= 0.6 is 0 Å². The standard InChI is InChI=1S/C13H18F2N2O/c14-11-5-12(15)13(17-7-11)18-8-10-4-2-1-3-9(10)6-16/h5,7,9-10H,1-4,6,8,16H2. The zero-order valence-corrected chi connectivity index (χ0v) is 10.2. The van der Waals surface area contributed by atoms with Crippen molar-refractivity contribution in [2.45, 2.75) is 25.7 Å². The SMILES string of the molecule is NCC1CCCCC1COc1ncc(F)cc1F. The molecule has 1 aliphatic carbocycles. The Balaban J connectivity index is 1.93. The molecular weight excluding hydrogens is 238 g/mol. The number of pyridine rings is 1. The molecule has 5 heteroatoms. The number of nitrogens with zero attached hydrogens (tertiary/aromatic N) is 1. The van der Waals surface area contributed by atoms with Gasteiger partial charge >= 0.3 is 0 Å². The third kappa shape index (κ3) is 3.16. The largest absolute Gasteiger partial charge is 0.475 e. The van der Waals surface area contributed by atoms with E-state index in [9.17, 15) is 8.78 Å². The number of ether oxygens (including phenoxy) is 1. The van der Waals surface area contributed by atoms with E-state index in [0.29, 0.717) is 25.0 Å². The quantitative estimate of drug-likeness (QED) is 0.900. The molecule has 1 heterocycles. The van der Waals surface area contributed by atoms with Gasteiger partial charge < -0.3 is 10.5 Å². The molecule has 3 nitrogen and oxygen atoms in total. The van der Waals surface area contributed by atoms with Crippen molar-refractivity contribution in [2.75, 3.05) is 13.2 Å². The molecule has 0 aliphatic heterocycles. The van der Waals surface area contributed by atoms with Gasteiger partial charge in [0.1, 0.15) is 5.82 Å². The molecule has 100 valence electrons. The van der Waals surface area contributed by atoms with Crippen LogP contribution in [-0.4, -0.2) is 18.1 Å². The fourth-order valence-corrected chi connectivity index (χ4v) is 2.51. The second kappa shape index (κ2) is 6.09. The highest BCUT2D eigenvalue weighted by atomic mass is 19.1. The Bertz CT molecular complexity index is 401. The van der Waals surface area contributed by atoms with E-state index >= 15 is 0 Å². The van der Waals surface area contributed by atoms with Crippen molar-refractivity contribution in [3.05, 3.63) is 23.9 Å². The highest BCUT2D eigenvalue weighted by Gasteiger charge is 2.25. The molecule has 1 saturated carbocycles. The van der Waals surface area contributed by atoms with Gasteiger partial charge in [0.15, 0.2) is 5.82 Å². The van der Waals surface area contributed by atoms with E-state index in [4.69, 9.17) is 10.5 Å². The smallest absolute Gasteiger partial charge is 0.250 e. The van der Waals surface area contributed by atoms with Crippen molar-refractivity contribution >= 4 is 0 Å². The maximum Gasteiger partial charge on any atom is 0.250 e. The second-order valence-corrected chi connectivity index (χ2v) is 4.79. The molecule has 1 aromatic rings. The van der Waals surface area contributed by atoms with E-state index in [1.54, 1.807) is 0 Å². The fraction of sp³-hybridized carbons (Fsp3) is 0.615. The van der Waals surface area contributed by atoms with Gasteiger partial charge in [0.2, 0.25) is 0 Å². The van der Waals surface area contributed by atoms with Crippen LogP contribution in [-0.2, 0) is 0 Å². The summed E-state index contributed by atoms with van der Waals surface area (Å²) in [5, 5.41) is 0. The minimum absolute atomic E-state index is 0.127. The van der Waals surface area contributed by atoms with Crippen LogP contribution in [0.4, 0.5) is 8.78 Å². The maximum atomic E-state index is 13.3. The molecule has 2 rings (SSSR count). The molecule has 1 aromatic heterocycles. The van der Waals surface area contributed by atoms with Crippen molar-refractivity contribution in [2.24, 2.45) is 17.6 Å². The summed E-state index contributed by atoms with van der Waals surface area (Å²) < 4.78 is 31.4. The molecule has 0 bridgehead atoms. The van der Waals surface area contributed by atoms with Gasteiger partial charge in [-0.15, -0.1) is 0 Å². The summed E-state index contributed by atoms with van der Waals surface area (Å²) in [6, 6.07) is 0.781. The first-order chi connectivity index (χ1) is 8.70. The minimum atomic E-state index is -0.755. The van der Waals surface area contributed by atoms with Crippen LogP contribution in [0.15, 0.2) is 12.3 Å². The van der Waals surface area contributed by atoms with Gasteiger partial charge in [0.25, 0.3) is 5.88 Å². The predicted octanol–water partition coefficient (Wildman–Crippen LogP) is 2.50. The molecule has 1 aliphatic rings. The van der Waals surface area contributed by atoms with Crippen LogP contribution in [0.25, 0.3) is 0 Å². The number of hydrogen-bond donors (Lipinski definition) is 1. The second-order valence-electron chi connectivity index (χ2n) is 4.79. The average Bonchev–Trinajstić information content (AvgIpc) is 2.38. The molecule has 18 heavy (non-hydrogen) atoms. The summed E-state index contributed by atoms with van der Waals surface area (Å²) in [5.41, 5.74) is 5.72. The molecule has 0 spiro atoms. The molecule has 0 radical (unpaired) electrons. The number of rotatable bonds is 4. The lowest BCUT2D eigenvalue weighted by atomic mass is 9.80. The summed E-state index contributed by atoms with van der Waals surface area (Å²) in [6.07, 6.45) is 5.46.